The van der Waals surface area contributed by atoms with Crippen LogP contribution in [0.15, 0.2) is 24.3 Å². The Bertz CT molecular complexity index is 721. The van der Waals surface area contributed by atoms with E-state index in [0.29, 0.717) is 5.56 Å². The van der Waals surface area contributed by atoms with Gasteiger partial charge in [0.15, 0.2) is 0 Å². The molecule has 114 valence electrons. The molecule has 2 aliphatic rings. The first kappa shape index (κ1) is 13.4. The fourth-order valence-electron chi connectivity index (χ4n) is 3.35. The number of hydrogen-bond acceptors (Lipinski definition) is 3. The molecule has 0 bridgehead atoms. The van der Waals surface area contributed by atoms with Gasteiger partial charge in [0.05, 0.1) is 6.04 Å². The van der Waals surface area contributed by atoms with Gasteiger partial charge in [0, 0.05) is 25.1 Å². The molecule has 1 unspecified atom stereocenters. The Hall–Kier alpha value is -2.24. The van der Waals surface area contributed by atoms with Gasteiger partial charge in [-0.3, -0.25) is 4.79 Å². The lowest BCUT2D eigenvalue weighted by Crippen LogP contribution is -2.29. The molecule has 1 saturated heterocycles. The molecule has 5 nitrogen and oxygen atoms in total. The normalized spacial score (nSPS) is 20.4. The van der Waals surface area contributed by atoms with E-state index in [1.807, 2.05) is 6.07 Å². The molecule has 1 aromatic heterocycles. The summed E-state index contributed by atoms with van der Waals surface area (Å²) in [7, 11) is 0. The topological polar surface area (TPSA) is 51.0 Å². The molecule has 1 amide bonds. The maximum absolute atomic E-state index is 14.0. The van der Waals surface area contributed by atoms with Crippen molar-refractivity contribution in [1.82, 2.24) is 19.7 Å². The molecule has 4 rings (SSSR count). The van der Waals surface area contributed by atoms with Gasteiger partial charge in [-0.1, -0.05) is 18.2 Å². The highest BCUT2D eigenvalue weighted by Gasteiger charge is 2.31. The Morgan fingerprint density at radius 2 is 2.00 bits per heavy atom. The van der Waals surface area contributed by atoms with Crippen molar-refractivity contribution in [3.8, 4) is 0 Å². The zero-order valence-corrected chi connectivity index (χ0v) is 12.2. The van der Waals surface area contributed by atoms with Crippen LogP contribution in [0.2, 0.25) is 0 Å². The van der Waals surface area contributed by atoms with Crippen LogP contribution >= 0.6 is 0 Å². The van der Waals surface area contributed by atoms with Crippen LogP contribution in [-0.4, -0.2) is 38.7 Å². The largest absolute Gasteiger partial charge is 0.336 e. The van der Waals surface area contributed by atoms with Crippen LogP contribution < -0.4 is 0 Å². The van der Waals surface area contributed by atoms with Gasteiger partial charge in [-0.25, -0.2) is 14.1 Å². The summed E-state index contributed by atoms with van der Waals surface area (Å²) in [5, 5.41) is 4.38. The Morgan fingerprint density at radius 3 is 2.77 bits per heavy atom. The summed E-state index contributed by atoms with van der Waals surface area (Å²) in [4.78, 5) is 18.5. The zero-order valence-electron chi connectivity index (χ0n) is 12.2. The van der Waals surface area contributed by atoms with Crippen molar-refractivity contribution >= 4 is 5.91 Å². The molecular formula is C16H17FN4O. The average molecular weight is 300 g/mol. The lowest BCUT2D eigenvalue weighted by atomic mass is 10.0. The molecule has 0 aliphatic carbocycles. The molecule has 2 aromatic rings. The Kier molecular flexibility index (Phi) is 3.17. The molecule has 1 atom stereocenters. The van der Waals surface area contributed by atoms with Crippen LogP contribution in [0.25, 0.3) is 0 Å². The standard InChI is InChI=1S/C16H17FN4O/c17-12-6-2-1-5-11(12)13-7-8-14-18-15(19-21(13)14)16(22)20-9-3-4-10-20/h1-2,5-6,13H,3-4,7-10H2. The summed E-state index contributed by atoms with van der Waals surface area (Å²) in [5.41, 5.74) is 0.617. The van der Waals surface area contributed by atoms with E-state index in [-0.39, 0.29) is 23.6 Å². The third kappa shape index (κ3) is 2.10. The number of rotatable bonds is 2. The molecular weight excluding hydrogens is 283 g/mol. The maximum atomic E-state index is 14.0. The van der Waals surface area contributed by atoms with Gasteiger partial charge < -0.3 is 4.90 Å². The minimum absolute atomic E-state index is 0.105. The number of halogens is 1. The van der Waals surface area contributed by atoms with Gasteiger partial charge in [-0.05, 0) is 25.3 Å². The molecule has 6 heteroatoms. The molecule has 2 aliphatic heterocycles. The highest BCUT2D eigenvalue weighted by Crippen LogP contribution is 2.31. The minimum Gasteiger partial charge on any atom is -0.336 e. The van der Waals surface area contributed by atoms with Crippen LogP contribution in [0.3, 0.4) is 0 Å². The first-order valence-electron chi connectivity index (χ1n) is 7.73. The van der Waals surface area contributed by atoms with Crippen LogP contribution in [0.1, 0.15) is 47.3 Å². The molecule has 0 radical (unpaired) electrons. The van der Waals surface area contributed by atoms with Crippen molar-refractivity contribution in [1.29, 1.82) is 0 Å². The molecule has 1 aromatic carbocycles. The number of nitrogens with zero attached hydrogens (tertiary/aromatic N) is 4. The highest BCUT2D eigenvalue weighted by atomic mass is 19.1. The van der Waals surface area contributed by atoms with Crippen molar-refractivity contribution in [2.24, 2.45) is 0 Å². The quantitative estimate of drug-likeness (QED) is 0.854. The monoisotopic (exact) mass is 300 g/mol. The van der Waals surface area contributed by atoms with Crippen molar-refractivity contribution in [3.63, 3.8) is 0 Å². The van der Waals surface area contributed by atoms with E-state index in [4.69, 9.17) is 0 Å². The summed E-state index contributed by atoms with van der Waals surface area (Å²) in [6, 6.07) is 6.57. The Morgan fingerprint density at radius 1 is 1.23 bits per heavy atom. The number of carbonyl (C=O) groups excluding carboxylic acids is 1. The number of fused-ring (bicyclic) bond motifs is 1. The molecule has 0 spiro atoms. The van der Waals surface area contributed by atoms with Crippen molar-refractivity contribution in [2.45, 2.75) is 31.7 Å². The van der Waals surface area contributed by atoms with E-state index in [1.54, 1.807) is 21.7 Å². The van der Waals surface area contributed by atoms with Crippen molar-refractivity contribution in [2.75, 3.05) is 13.1 Å². The van der Waals surface area contributed by atoms with Crippen LogP contribution in [0.5, 0.6) is 0 Å². The van der Waals surface area contributed by atoms with Crippen molar-refractivity contribution < 1.29 is 9.18 Å². The predicted molar refractivity (Wildman–Crippen MR) is 78.0 cm³/mol. The number of carbonyl (C=O) groups is 1. The van der Waals surface area contributed by atoms with E-state index in [1.165, 1.54) is 6.07 Å². The predicted octanol–water partition coefficient (Wildman–Crippen LogP) is 2.19. The summed E-state index contributed by atoms with van der Waals surface area (Å²) in [6.45, 7) is 1.55. The van der Waals surface area contributed by atoms with Gasteiger partial charge >= 0.3 is 0 Å². The average Bonchev–Trinajstić information content (AvgIpc) is 3.24. The Labute approximate surface area is 127 Å². The number of likely N-dealkylation sites (tertiary alicyclic amines) is 1. The third-order valence-electron chi connectivity index (χ3n) is 4.49. The smallest absolute Gasteiger partial charge is 0.293 e. The maximum Gasteiger partial charge on any atom is 0.293 e. The van der Waals surface area contributed by atoms with Gasteiger partial charge in [-0.15, -0.1) is 5.10 Å². The zero-order chi connectivity index (χ0) is 15.1. The fourth-order valence-corrected chi connectivity index (χ4v) is 3.35. The SMILES string of the molecule is O=C(c1nc2n(n1)C(c1ccccc1F)CC2)N1CCCC1. The first-order chi connectivity index (χ1) is 10.7. The second-order valence-electron chi connectivity index (χ2n) is 5.87. The van der Waals surface area contributed by atoms with Crippen LogP contribution in [-0.2, 0) is 6.42 Å². The minimum atomic E-state index is -0.233. The van der Waals surface area contributed by atoms with Crippen LogP contribution in [0.4, 0.5) is 4.39 Å². The van der Waals surface area contributed by atoms with Gasteiger partial charge in [0.2, 0.25) is 5.82 Å². The van der Waals surface area contributed by atoms with Gasteiger partial charge in [-0.2, -0.15) is 0 Å². The van der Waals surface area contributed by atoms with Crippen molar-refractivity contribution in [3.05, 3.63) is 47.3 Å². The lowest BCUT2D eigenvalue weighted by molar-refractivity contribution is 0.0780. The van der Waals surface area contributed by atoms with Gasteiger partial charge in [0.1, 0.15) is 11.6 Å². The number of hydrogen-bond donors (Lipinski definition) is 0. The van der Waals surface area contributed by atoms with Crippen LogP contribution in [0, 0.1) is 5.82 Å². The lowest BCUT2D eigenvalue weighted by Gasteiger charge is -2.14. The summed E-state index contributed by atoms with van der Waals surface area (Å²) >= 11 is 0. The van der Waals surface area contributed by atoms with E-state index < -0.39 is 0 Å². The van der Waals surface area contributed by atoms with E-state index in [9.17, 15) is 9.18 Å². The van der Waals surface area contributed by atoms with E-state index in [0.717, 1.165) is 44.6 Å². The summed E-state index contributed by atoms with van der Waals surface area (Å²) in [5.74, 6) is 0.684. The number of aryl methyl sites for hydroxylation is 1. The van der Waals surface area contributed by atoms with Gasteiger partial charge in [0.25, 0.3) is 5.91 Å². The Balaban J connectivity index is 1.65. The molecule has 0 saturated carbocycles. The highest BCUT2D eigenvalue weighted by molar-refractivity contribution is 5.90. The number of amides is 1. The molecule has 3 heterocycles. The second kappa shape index (κ2) is 5.19. The number of aromatic nitrogens is 3. The molecule has 1 fully saturated rings. The number of benzene rings is 1. The summed E-state index contributed by atoms with van der Waals surface area (Å²) in [6.07, 6.45) is 3.57. The molecule has 22 heavy (non-hydrogen) atoms. The fraction of sp³-hybridized carbons (Fsp3) is 0.438. The third-order valence-corrected chi connectivity index (χ3v) is 4.49. The summed E-state index contributed by atoms with van der Waals surface area (Å²) < 4.78 is 15.7. The first-order valence-corrected chi connectivity index (χ1v) is 7.73. The van der Waals surface area contributed by atoms with E-state index in [2.05, 4.69) is 10.1 Å². The van der Waals surface area contributed by atoms with E-state index >= 15 is 0 Å². The second-order valence-corrected chi connectivity index (χ2v) is 5.87. The molecule has 0 N–H and O–H groups in total.